The number of hydrogen-bond acceptors (Lipinski definition) is 7. The van der Waals surface area contributed by atoms with Crippen LogP contribution in [0.2, 0.25) is 0 Å². The second-order valence-corrected chi connectivity index (χ2v) is 14.9. The Hall–Kier alpha value is -3.63. The number of halogens is 1. The number of piperidine rings is 1. The van der Waals surface area contributed by atoms with Gasteiger partial charge in [-0.3, -0.25) is 0 Å². The smallest absolute Gasteiger partial charge is 0.337 e. The second-order valence-electron chi connectivity index (χ2n) is 13.8. The Balaban J connectivity index is 1.49. The van der Waals surface area contributed by atoms with E-state index >= 15 is 0 Å². The van der Waals surface area contributed by atoms with Crippen LogP contribution in [0, 0.1) is 18.2 Å². The van der Waals surface area contributed by atoms with E-state index in [0.29, 0.717) is 29.0 Å². The zero-order chi connectivity index (χ0) is 31.9. The van der Waals surface area contributed by atoms with Gasteiger partial charge in [-0.2, -0.15) is 9.61 Å². The van der Waals surface area contributed by atoms with Crippen molar-refractivity contribution in [3.05, 3.63) is 75.7 Å². The molecular weight excluding hydrogens is 589 g/mol. The molecular formula is C35H42FN5O3S. The van der Waals surface area contributed by atoms with Crippen molar-refractivity contribution in [2.75, 3.05) is 18.0 Å². The van der Waals surface area contributed by atoms with Gasteiger partial charge in [0.2, 0.25) is 0 Å². The first-order valence-corrected chi connectivity index (χ1v) is 16.6. The van der Waals surface area contributed by atoms with Crippen molar-refractivity contribution in [1.29, 1.82) is 0 Å². The third-order valence-corrected chi connectivity index (χ3v) is 10.0. The first kappa shape index (κ1) is 31.4. The Morgan fingerprint density at radius 3 is 2.60 bits per heavy atom. The Labute approximate surface area is 268 Å². The maximum atomic E-state index is 14.3. The number of carboxylic acids is 1. The summed E-state index contributed by atoms with van der Waals surface area (Å²) >= 11 is 1.53. The molecule has 0 aliphatic carbocycles. The van der Waals surface area contributed by atoms with E-state index in [0.717, 1.165) is 78.4 Å². The van der Waals surface area contributed by atoms with E-state index in [1.807, 2.05) is 46.0 Å². The lowest BCUT2D eigenvalue weighted by molar-refractivity contribution is -0.160. The van der Waals surface area contributed by atoms with Crippen molar-refractivity contribution in [1.82, 2.24) is 19.6 Å². The van der Waals surface area contributed by atoms with Crippen molar-refractivity contribution in [3.63, 3.8) is 0 Å². The Bertz CT molecular complexity index is 1750. The lowest BCUT2D eigenvalue weighted by atomic mass is 9.76. The van der Waals surface area contributed by atoms with E-state index in [4.69, 9.17) is 19.8 Å². The van der Waals surface area contributed by atoms with Gasteiger partial charge in [0.25, 0.3) is 0 Å². The number of rotatable bonds is 3. The van der Waals surface area contributed by atoms with Crippen LogP contribution in [0.5, 0.6) is 0 Å². The summed E-state index contributed by atoms with van der Waals surface area (Å²) in [5, 5.41) is 16.2. The first-order chi connectivity index (χ1) is 21.4. The van der Waals surface area contributed by atoms with Gasteiger partial charge in [-0.15, -0.1) is 11.3 Å². The summed E-state index contributed by atoms with van der Waals surface area (Å²) in [4.78, 5) is 25.6. The highest BCUT2D eigenvalue weighted by Crippen LogP contribution is 2.41. The molecule has 1 saturated heterocycles. The minimum Gasteiger partial charge on any atom is -0.479 e. The van der Waals surface area contributed by atoms with Crippen LogP contribution in [0.25, 0.3) is 16.3 Å². The number of anilines is 1. The van der Waals surface area contributed by atoms with Gasteiger partial charge in [0, 0.05) is 42.3 Å². The summed E-state index contributed by atoms with van der Waals surface area (Å²) in [5.74, 6) is -0.570. The molecule has 0 amide bonds. The Morgan fingerprint density at radius 1 is 1.11 bits per heavy atom. The number of carboxylic acid groups (broad SMARTS) is 1. The van der Waals surface area contributed by atoms with E-state index < -0.39 is 17.7 Å². The minimum absolute atomic E-state index is 0.174. The molecule has 0 unspecified atom stereocenters. The predicted octanol–water partition coefficient (Wildman–Crippen LogP) is 7.72. The van der Waals surface area contributed by atoms with Crippen LogP contribution in [0.4, 0.5) is 10.2 Å². The number of thiazole rings is 1. The normalized spacial score (nSPS) is 18.6. The van der Waals surface area contributed by atoms with Crippen LogP contribution in [-0.4, -0.2) is 49.3 Å². The summed E-state index contributed by atoms with van der Waals surface area (Å²) in [6.45, 7) is 11.4. The van der Waals surface area contributed by atoms with E-state index in [-0.39, 0.29) is 11.2 Å². The molecule has 1 fully saturated rings. The number of allylic oxidation sites excluding steroid dienone is 2. The number of aryl methyl sites for hydroxylation is 2. The molecule has 0 saturated carbocycles. The van der Waals surface area contributed by atoms with E-state index in [9.17, 15) is 14.3 Å². The summed E-state index contributed by atoms with van der Waals surface area (Å²) in [6.07, 6.45) is 11.6. The third kappa shape index (κ3) is 6.82. The van der Waals surface area contributed by atoms with Crippen LogP contribution < -0.4 is 4.90 Å². The Morgan fingerprint density at radius 2 is 1.87 bits per heavy atom. The van der Waals surface area contributed by atoms with Gasteiger partial charge in [-0.05, 0) is 94.9 Å². The third-order valence-electron chi connectivity index (χ3n) is 9.00. The topological polar surface area (TPSA) is 92.8 Å². The summed E-state index contributed by atoms with van der Waals surface area (Å²) in [6, 6.07) is 7.01. The highest BCUT2D eigenvalue weighted by Gasteiger charge is 2.37. The van der Waals surface area contributed by atoms with Crippen LogP contribution in [0.15, 0.2) is 42.6 Å². The van der Waals surface area contributed by atoms with Crippen LogP contribution in [0.1, 0.15) is 93.2 Å². The van der Waals surface area contributed by atoms with Crippen LogP contribution in [0.3, 0.4) is 0 Å². The van der Waals surface area contributed by atoms with Gasteiger partial charge in [0.15, 0.2) is 11.8 Å². The molecule has 10 heteroatoms. The maximum Gasteiger partial charge on any atom is 0.337 e. The minimum atomic E-state index is -1.21. The van der Waals surface area contributed by atoms with Crippen molar-refractivity contribution in [2.45, 2.75) is 91.3 Å². The monoisotopic (exact) mass is 631 g/mol. The second kappa shape index (κ2) is 12.3. The molecule has 1 N–H and O–H groups in total. The number of ether oxygens (including phenoxy) is 1. The van der Waals surface area contributed by atoms with Gasteiger partial charge in [-0.1, -0.05) is 25.1 Å². The molecule has 1 aromatic carbocycles. The number of aromatic nitrogens is 4. The molecule has 7 rings (SSSR count). The quantitative estimate of drug-likeness (QED) is 0.232. The largest absolute Gasteiger partial charge is 0.479 e. The van der Waals surface area contributed by atoms with Gasteiger partial charge in [-0.25, -0.2) is 19.2 Å². The Kier molecular flexibility index (Phi) is 8.56. The molecule has 238 valence electrons. The summed E-state index contributed by atoms with van der Waals surface area (Å²) in [7, 11) is 0. The predicted molar refractivity (Wildman–Crippen MR) is 176 cm³/mol. The molecule has 0 radical (unpaired) electrons. The number of aliphatic carboxylic acids is 1. The van der Waals surface area contributed by atoms with Gasteiger partial charge < -0.3 is 14.7 Å². The molecule has 6 bridgehead atoms. The molecule has 3 aromatic heterocycles. The van der Waals surface area contributed by atoms with E-state index in [1.165, 1.54) is 11.3 Å². The number of nitrogens with zero attached hydrogens (tertiary/aromatic N) is 5. The highest BCUT2D eigenvalue weighted by molar-refractivity contribution is 7.15. The standard InChI is InChI=1S/C35H42FN5O3S/c1-22-29(30(33(42)43)44-34(2,3)4)32-40-16-14-35(5,15-17-40)13-9-7-6-8-10-23-11-12-25(36)18-24(23)19-26-21-37-31(45-26)27-20-28(38-22)41(32)39-27/h6-7,11-12,18,20-21,30H,8-10,13-17,19H2,1-5H3,(H,42,43)/b7-6-/t30-/m0/s1. The van der Waals surface area contributed by atoms with E-state index in [2.05, 4.69) is 24.0 Å². The fourth-order valence-corrected chi connectivity index (χ4v) is 7.42. The van der Waals surface area contributed by atoms with Crippen molar-refractivity contribution < 1.29 is 19.0 Å². The number of hydrogen-bond donors (Lipinski definition) is 1. The highest BCUT2D eigenvalue weighted by atomic mass is 32.1. The van der Waals surface area contributed by atoms with E-state index in [1.54, 1.807) is 16.6 Å². The lowest BCUT2D eigenvalue weighted by Crippen LogP contribution is -2.41. The molecule has 8 nitrogen and oxygen atoms in total. The van der Waals surface area contributed by atoms with Gasteiger partial charge in [0.05, 0.1) is 11.2 Å². The number of carbonyl (C=O) groups is 1. The van der Waals surface area contributed by atoms with Crippen molar-refractivity contribution >= 4 is 28.8 Å². The molecule has 1 atom stereocenters. The molecule has 6 heterocycles. The van der Waals surface area contributed by atoms with Crippen molar-refractivity contribution in [2.24, 2.45) is 5.41 Å². The van der Waals surface area contributed by atoms with Gasteiger partial charge in [0.1, 0.15) is 22.3 Å². The summed E-state index contributed by atoms with van der Waals surface area (Å²) < 4.78 is 22.3. The lowest BCUT2D eigenvalue weighted by Gasteiger charge is -2.41. The first-order valence-electron chi connectivity index (χ1n) is 15.8. The molecule has 45 heavy (non-hydrogen) atoms. The number of benzene rings is 1. The zero-order valence-electron chi connectivity index (χ0n) is 26.8. The van der Waals surface area contributed by atoms with Crippen LogP contribution >= 0.6 is 11.3 Å². The molecule has 3 aliphatic heterocycles. The average Bonchev–Trinajstić information content (AvgIpc) is 3.61. The fraction of sp³-hybridized carbons (Fsp3) is 0.486. The fourth-order valence-electron chi connectivity index (χ4n) is 6.53. The molecule has 4 aromatic rings. The van der Waals surface area contributed by atoms with Crippen LogP contribution in [-0.2, 0) is 22.4 Å². The van der Waals surface area contributed by atoms with Gasteiger partial charge >= 0.3 is 5.97 Å². The number of fused-ring (bicyclic) bond motifs is 6. The molecule has 3 aliphatic rings. The van der Waals surface area contributed by atoms with Crippen molar-refractivity contribution in [3.8, 4) is 10.7 Å². The SMILES string of the molecule is Cc1nc2cc3nn2c(c1[C@H](OC(C)(C)C)C(=O)O)N1CCC(C)(CC/C=C\CCc2ccc(F)cc2Cc2cnc-3s2)CC1. The zero-order valence-corrected chi connectivity index (χ0v) is 27.6. The average molecular weight is 632 g/mol. The summed E-state index contributed by atoms with van der Waals surface area (Å²) in [5.41, 5.74) is 4.06. The maximum absolute atomic E-state index is 14.3. The molecule has 0 spiro atoms.